The van der Waals surface area contributed by atoms with Crippen LogP contribution in [0.4, 0.5) is 27.8 Å². The Bertz CT molecular complexity index is 1180. The fourth-order valence-corrected chi connectivity index (χ4v) is 3.47. The molecule has 0 atom stereocenters. The molecule has 0 saturated heterocycles. The molecule has 1 heterocycles. The van der Waals surface area contributed by atoms with Crippen molar-refractivity contribution in [1.29, 1.82) is 0 Å². The SMILES string of the molecule is CNc1cc(N(C)C(=O)Nc2cc(C(=O)Nc3ccc(C(C)C)c(C)c3)ccc2C)ncn1. The molecule has 3 N–H and O–H groups in total. The molecule has 0 fully saturated rings. The van der Waals surface area contributed by atoms with E-state index in [-0.39, 0.29) is 11.9 Å². The van der Waals surface area contributed by atoms with Gasteiger partial charge in [-0.15, -0.1) is 0 Å². The minimum Gasteiger partial charge on any atom is -0.373 e. The van der Waals surface area contributed by atoms with Crippen molar-refractivity contribution in [1.82, 2.24) is 9.97 Å². The van der Waals surface area contributed by atoms with Gasteiger partial charge in [-0.05, 0) is 60.7 Å². The molecule has 172 valence electrons. The second-order valence-corrected chi connectivity index (χ2v) is 8.21. The van der Waals surface area contributed by atoms with Crippen LogP contribution in [-0.4, -0.2) is 36.0 Å². The third-order valence-corrected chi connectivity index (χ3v) is 5.45. The van der Waals surface area contributed by atoms with Crippen LogP contribution in [0.3, 0.4) is 0 Å². The number of carbonyl (C=O) groups excluding carboxylic acids is 2. The van der Waals surface area contributed by atoms with Gasteiger partial charge in [0.05, 0.1) is 0 Å². The summed E-state index contributed by atoms with van der Waals surface area (Å²) < 4.78 is 0. The zero-order valence-corrected chi connectivity index (χ0v) is 19.9. The predicted octanol–water partition coefficient (Wildman–Crippen LogP) is 5.18. The first-order valence-corrected chi connectivity index (χ1v) is 10.8. The lowest BCUT2D eigenvalue weighted by Crippen LogP contribution is -2.32. The Hall–Kier alpha value is -3.94. The van der Waals surface area contributed by atoms with Crippen molar-refractivity contribution < 1.29 is 9.59 Å². The molecular weight excluding hydrogens is 416 g/mol. The van der Waals surface area contributed by atoms with Crippen molar-refractivity contribution in [3.63, 3.8) is 0 Å². The highest BCUT2D eigenvalue weighted by Gasteiger charge is 2.16. The van der Waals surface area contributed by atoms with E-state index in [1.165, 1.54) is 16.8 Å². The van der Waals surface area contributed by atoms with Gasteiger partial charge in [-0.2, -0.15) is 0 Å². The Labute approximate surface area is 194 Å². The van der Waals surface area contributed by atoms with Gasteiger partial charge in [-0.1, -0.05) is 26.0 Å². The van der Waals surface area contributed by atoms with Gasteiger partial charge >= 0.3 is 6.03 Å². The van der Waals surface area contributed by atoms with Crippen LogP contribution in [0.2, 0.25) is 0 Å². The van der Waals surface area contributed by atoms with Crippen molar-refractivity contribution in [3.8, 4) is 0 Å². The summed E-state index contributed by atoms with van der Waals surface area (Å²) in [5, 5.41) is 8.72. The van der Waals surface area contributed by atoms with Crippen molar-refractivity contribution in [2.45, 2.75) is 33.6 Å². The van der Waals surface area contributed by atoms with Gasteiger partial charge in [0.25, 0.3) is 5.91 Å². The smallest absolute Gasteiger partial charge is 0.327 e. The zero-order valence-electron chi connectivity index (χ0n) is 19.9. The maximum absolute atomic E-state index is 12.9. The number of aromatic nitrogens is 2. The van der Waals surface area contributed by atoms with Crippen LogP contribution in [0.25, 0.3) is 0 Å². The quantitative estimate of drug-likeness (QED) is 0.485. The minimum atomic E-state index is -0.378. The molecule has 8 heteroatoms. The molecule has 0 bridgehead atoms. The van der Waals surface area contributed by atoms with Crippen LogP contribution in [0.5, 0.6) is 0 Å². The first-order chi connectivity index (χ1) is 15.7. The lowest BCUT2D eigenvalue weighted by atomic mass is 9.97. The zero-order chi connectivity index (χ0) is 24.1. The van der Waals surface area contributed by atoms with Gasteiger partial charge in [0.15, 0.2) is 0 Å². The fourth-order valence-electron chi connectivity index (χ4n) is 3.47. The maximum atomic E-state index is 12.9. The molecule has 2 aromatic carbocycles. The molecule has 0 aliphatic heterocycles. The van der Waals surface area contributed by atoms with E-state index in [4.69, 9.17) is 0 Å². The molecule has 3 rings (SSSR count). The van der Waals surface area contributed by atoms with E-state index in [1.807, 2.05) is 32.0 Å². The molecule has 33 heavy (non-hydrogen) atoms. The molecule has 0 aliphatic rings. The van der Waals surface area contributed by atoms with Gasteiger partial charge in [0.1, 0.15) is 18.0 Å². The predicted molar refractivity (Wildman–Crippen MR) is 133 cm³/mol. The minimum absolute atomic E-state index is 0.245. The fraction of sp³-hybridized carbons (Fsp3) is 0.280. The van der Waals surface area contributed by atoms with E-state index in [0.717, 1.165) is 16.8 Å². The molecule has 1 aromatic heterocycles. The Morgan fingerprint density at radius 2 is 1.70 bits per heavy atom. The van der Waals surface area contributed by atoms with Crippen LogP contribution in [0.1, 0.15) is 46.8 Å². The summed E-state index contributed by atoms with van der Waals surface area (Å²) >= 11 is 0. The molecule has 3 amide bonds. The highest BCUT2D eigenvalue weighted by atomic mass is 16.2. The lowest BCUT2D eigenvalue weighted by Gasteiger charge is -2.19. The van der Waals surface area contributed by atoms with Gasteiger partial charge in [0, 0.05) is 37.1 Å². The molecule has 0 spiro atoms. The van der Waals surface area contributed by atoms with E-state index in [2.05, 4.69) is 39.8 Å². The van der Waals surface area contributed by atoms with Gasteiger partial charge in [-0.25, -0.2) is 14.8 Å². The highest BCUT2D eigenvalue weighted by Crippen LogP contribution is 2.24. The van der Waals surface area contributed by atoms with Crippen molar-refractivity contribution >= 4 is 34.9 Å². The number of hydrogen-bond donors (Lipinski definition) is 3. The van der Waals surface area contributed by atoms with Crippen molar-refractivity contribution in [2.75, 3.05) is 34.9 Å². The Kier molecular flexibility index (Phi) is 7.27. The first-order valence-electron chi connectivity index (χ1n) is 10.8. The number of carbonyl (C=O) groups is 2. The van der Waals surface area contributed by atoms with Crippen molar-refractivity contribution in [2.24, 2.45) is 0 Å². The molecule has 0 saturated carbocycles. The Morgan fingerprint density at radius 1 is 0.939 bits per heavy atom. The normalized spacial score (nSPS) is 10.6. The van der Waals surface area contributed by atoms with E-state index in [9.17, 15) is 9.59 Å². The molecular formula is C25H30N6O2. The second-order valence-electron chi connectivity index (χ2n) is 8.21. The van der Waals surface area contributed by atoms with Crippen molar-refractivity contribution in [3.05, 3.63) is 71.0 Å². The highest BCUT2D eigenvalue weighted by molar-refractivity contribution is 6.06. The summed E-state index contributed by atoms with van der Waals surface area (Å²) in [6, 6.07) is 12.4. The van der Waals surface area contributed by atoms with Crippen LogP contribution in [-0.2, 0) is 0 Å². The van der Waals surface area contributed by atoms with Gasteiger partial charge in [0.2, 0.25) is 0 Å². The Balaban J connectivity index is 1.75. The molecule has 0 unspecified atom stereocenters. The number of benzene rings is 2. The number of hydrogen-bond acceptors (Lipinski definition) is 5. The third kappa shape index (κ3) is 5.65. The third-order valence-electron chi connectivity index (χ3n) is 5.45. The van der Waals surface area contributed by atoms with Crippen LogP contribution in [0.15, 0.2) is 48.8 Å². The van der Waals surface area contributed by atoms with E-state index in [0.29, 0.717) is 28.8 Å². The summed E-state index contributed by atoms with van der Waals surface area (Å²) in [7, 11) is 3.36. The van der Waals surface area contributed by atoms with E-state index >= 15 is 0 Å². The maximum Gasteiger partial charge on any atom is 0.327 e. The molecule has 0 aliphatic carbocycles. The van der Waals surface area contributed by atoms with Crippen LogP contribution >= 0.6 is 0 Å². The monoisotopic (exact) mass is 446 g/mol. The summed E-state index contributed by atoms with van der Waals surface area (Å²) in [5.41, 5.74) is 4.95. The molecule has 3 aromatic rings. The first kappa shape index (κ1) is 23.7. The summed E-state index contributed by atoms with van der Waals surface area (Å²) in [6.07, 6.45) is 1.39. The summed E-state index contributed by atoms with van der Waals surface area (Å²) in [4.78, 5) is 35.2. The number of amides is 3. The van der Waals surface area contributed by atoms with E-state index < -0.39 is 0 Å². The topological polar surface area (TPSA) is 99.2 Å². The average Bonchev–Trinajstić information content (AvgIpc) is 2.79. The number of urea groups is 1. The molecule has 0 radical (unpaired) electrons. The van der Waals surface area contributed by atoms with Crippen LogP contribution in [0, 0.1) is 13.8 Å². The van der Waals surface area contributed by atoms with Gasteiger partial charge in [-0.3, -0.25) is 9.69 Å². The largest absolute Gasteiger partial charge is 0.373 e. The Morgan fingerprint density at radius 3 is 2.36 bits per heavy atom. The number of rotatable bonds is 6. The average molecular weight is 447 g/mol. The molecule has 8 nitrogen and oxygen atoms in total. The summed E-state index contributed by atoms with van der Waals surface area (Å²) in [6.45, 7) is 8.20. The van der Waals surface area contributed by atoms with Gasteiger partial charge < -0.3 is 16.0 Å². The number of anilines is 4. The second kappa shape index (κ2) is 10.1. The lowest BCUT2D eigenvalue weighted by molar-refractivity contribution is 0.102. The summed E-state index contributed by atoms with van der Waals surface area (Å²) in [5.74, 6) is 1.22. The number of aryl methyl sites for hydroxylation is 2. The van der Waals surface area contributed by atoms with E-state index in [1.54, 1.807) is 38.4 Å². The standard InChI is InChI=1S/C25H30N6O2/c1-15(2)20-10-9-19(11-17(20)4)29-24(32)18-8-7-16(3)21(12-18)30-25(33)31(6)23-13-22(26-5)27-14-28-23/h7-15H,1-6H3,(H,29,32)(H,30,33)(H,26,27,28). The number of nitrogens with zero attached hydrogens (tertiary/aromatic N) is 3. The van der Waals surface area contributed by atoms with Crippen LogP contribution < -0.4 is 20.9 Å². The number of nitrogens with one attached hydrogen (secondary N) is 3.